The molecule has 2 rings (SSSR count). The average Bonchev–Trinajstić information content (AvgIpc) is 2.80. The highest BCUT2D eigenvalue weighted by Crippen LogP contribution is 2.32. The number of carbonyl (C=O) groups is 1. The number of aldehydes is 1. The number of alkyl halides is 3. The molecule has 21 heavy (non-hydrogen) atoms. The average molecular weight is 296 g/mol. The summed E-state index contributed by atoms with van der Waals surface area (Å²) in [6, 6.07) is 4.84. The molecule has 0 aliphatic heterocycles. The fourth-order valence-electron chi connectivity index (χ4n) is 2.06. The van der Waals surface area contributed by atoms with Crippen molar-refractivity contribution in [3.8, 4) is 11.3 Å². The van der Waals surface area contributed by atoms with Crippen LogP contribution in [-0.2, 0) is 12.7 Å². The molecular weight excluding hydrogens is 281 g/mol. The first-order valence-corrected chi connectivity index (χ1v) is 6.51. The molecule has 0 aliphatic carbocycles. The highest BCUT2D eigenvalue weighted by atomic mass is 19.4. The van der Waals surface area contributed by atoms with Gasteiger partial charge in [-0.15, -0.1) is 0 Å². The van der Waals surface area contributed by atoms with Crippen molar-refractivity contribution in [2.45, 2.75) is 26.6 Å². The summed E-state index contributed by atoms with van der Waals surface area (Å²) >= 11 is 0. The second-order valence-electron chi connectivity index (χ2n) is 5.25. The third-order valence-electron chi connectivity index (χ3n) is 2.93. The van der Waals surface area contributed by atoms with Crippen molar-refractivity contribution in [2.24, 2.45) is 5.92 Å². The van der Waals surface area contributed by atoms with E-state index in [9.17, 15) is 18.0 Å². The van der Waals surface area contributed by atoms with E-state index < -0.39 is 11.7 Å². The molecule has 1 aromatic carbocycles. The smallest absolute Gasteiger partial charge is 0.298 e. The van der Waals surface area contributed by atoms with Crippen LogP contribution in [0.15, 0.2) is 30.5 Å². The van der Waals surface area contributed by atoms with Crippen LogP contribution in [0.5, 0.6) is 0 Å². The summed E-state index contributed by atoms with van der Waals surface area (Å²) in [5, 5.41) is 4.23. The lowest BCUT2D eigenvalue weighted by Gasteiger charge is -2.08. The first-order valence-electron chi connectivity index (χ1n) is 6.51. The molecule has 0 aliphatic rings. The van der Waals surface area contributed by atoms with Gasteiger partial charge in [0.1, 0.15) is 5.69 Å². The van der Waals surface area contributed by atoms with Gasteiger partial charge < -0.3 is 0 Å². The summed E-state index contributed by atoms with van der Waals surface area (Å²) in [7, 11) is 0. The molecule has 0 amide bonds. The Morgan fingerprint density at radius 3 is 2.62 bits per heavy atom. The van der Waals surface area contributed by atoms with Crippen LogP contribution in [0, 0.1) is 5.92 Å². The first kappa shape index (κ1) is 15.3. The molecule has 0 atom stereocenters. The van der Waals surface area contributed by atoms with Crippen molar-refractivity contribution >= 4 is 6.29 Å². The second kappa shape index (κ2) is 5.71. The molecule has 0 saturated heterocycles. The van der Waals surface area contributed by atoms with Crippen molar-refractivity contribution in [3.63, 3.8) is 0 Å². The van der Waals surface area contributed by atoms with Crippen molar-refractivity contribution in [1.82, 2.24) is 9.78 Å². The van der Waals surface area contributed by atoms with Gasteiger partial charge in [-0.05, 0) is 18.1 Å². The van der Waals surface area contributed by atoms with Gasteiger partial charge in [0.2, 0.25) is 0 Å². The van der Waals surface area contributed by atoms with E-state index >= 15 is 0 Å². The van der Waals surface area contributed by atoms with Gasteiger partial charge in [-0.1, -0.05) is 26.0 Å². The minimum Gasteiger partial charge on any atom is -0.298 e. The van der Waals surface area contributed by atoms with Crippen LogP contribution in [-0.4, -0.2) is 16.1 Å². The topological polar surface area (TPSA) is 34.9 Å². The molecule has 0 radical (unpaired) electrons. The number of aromatic nitrogens is 2. The quantitative estimate of drug-likeness (QED) is 0.798. The van der Waals surface area contributed by atoms with Crippen LogP contribution in [0.4, 0.5) is 13.2 Å². The van der Waals surface area contributed by atoms with E-state index in [0.717, 1.165) is 12.1 Å². The summed E-state index contributed by atoms with van der Waals surface area (Å²) in [5.41, 5.74) is 0.0939. The van der Waals surface area contributed by atoms with Crippen LogP contribution in [0.2, 0.25) is 0 Å². The van der Waals surface area contributed by atoms with Crippen molar-refractivity contribution < 1.29 is 18.0 Å². The normalized spacial score (nSPS) is 11.9. The van der Waals surface area contributed by atoms with Gasteiger partial charge in [-0.25, -0.2) is 0 Å². The van der Waals surface area contributed by atoms with Gasteiger partial charge >= 0.3 is 6.18 Å². The maximum absolute atomic E-state index is 12.7. The Hall–Kier alpha value is -2.11. The highest BCUT2D eigenvalue weighted by molar-refractivity contribution is 5.85. The molecule has 0 spiro atoms. The summed E-state index contributed by atoms with van der Waals surface area (Å²) in [5.74, 6) is 0.318. The Kier molecular flexibility index (Phi) is 4.16. The monoisotopic (exact) mass is 296 g/mol. The van der Waals surface area contributed by atoms with E-state index in [0.29, 0.717) is 18.7 Å². The molecule has 6 heteroatoms. The Balaban J connectivity index is 2.46. The van der Waals surface area contributed by atoms with Crippen molar-refractivity contribution in [2.75, 3.05) is 0 Å². The van der Waals surface area contributed by atoms with Crippen molar-refractivity contribution in [3.05, 3.63) is 41.6 Å². The van der Waals surface area contributed by atoms with Crippen LogP contribution >= 0.6 is 0 Å². The molecule has 3 nitrogen and oxygen atoms in total. The van der Waals surface area contributed by atoms with E-state index in [1.807, 2.05) is 13.8 Å². The zero-order valence-corrected chi connectivity index (χ0v) is 11.7. The number of halogens is 3. The predicted octanol–water partition coefficient (Wildman–Crippen LogP) is 4.04. The maximum Gasteiger partial charge on any atom is 0.416 e. The lowest BCUT2D eigenvalue weighted by Crippen LogP contribution is -2.05. The highest BCUT2D eigenvalue weighted by Gasteiger charge is 2.30. The lowest BCUT2D eigenvalue weighted by atomic mass is 10.1. The number of hydrogen-bond donors (Lipinski definition) is 0. The maximum atomic E-state index is 12.7. The Morgan fingerprint density at radius 1 is 1.33 bits per heavy atom. The van der Waals surface area contributed by atoms with Crippen LogP contribution in [0.25, 0.3) is 11.3 Å². The Morgan fingerprint density at radius 2 is 2.05 bits per heavy atom. The second-order valence-corrected chi connectivity index (χ2v) is 5.25. The van der Waals surface area contributed by atoms with E-state index in [1.54, 1.807) is 10.9 Å². The van der Waals surface area contributed by atoms with E-state index in [-0.39, 0.29) is 16.8 Å². The van der Waals surface area contributed by atoms with Crippen LogP contribution in [0.3, 0.4) is 0 Å². The molecule has 0 fully saturated rings. The fourth-order valence-corrected chi connectivity index (χ4v) is 2.06. The summed E-state index contributed by atoms with van der Waals surface area (Å²) in [6.45, 7) is 4.58. The van der Waals surface area contributed by atoms with Gasteiger partial charge in [0.15, 0.2) is 6.29 Å². The van der Waals surface area contributed by atoms with E-state index in [4.69, 9.17) is 0 Å². The third kappa shape index (κ3) is 3.51. The number of nitrogens with zero attached hydrogens (tertiary/aromatic N) is 2. The standard InChI is InChI=1S/C15H15F3N2O/c1-10(2)7-20-8-12(9-21)14(19-20)11-4-3-5-13(6-11)15(16,17)18/h3-6,8-10H,7H2,1-2H3. The zero-order chi connectivity index (χ0) is 15.6. The molecule has 0 bridgehead atoms. The first-order chi connectivity index (χ1) is 9.81. The van der Waals surface area contributed by atoms with Crippen LogP contribution in [0.1, 0.15) is 29.8 Å². The molecule has 0 saturated carbocycles. The summed E-state index contributed by atoms with van der Waals surface area (Å²) in [4.78, 5) is 11.1. The predicted molar refractivity (Wildman–Crippen MR) is 72.9 cm³/mol. The largest absolute Gasteiger partial charge is 0.416 e. The zero-order valence-electron chi connectivity index (χ0n) is 11.7. The Bertz CT molecular complexity index is 645. The fraction of sp³-hybridized carbons (Fsp3) is 0.333. The molecule has 1 heterocycles. The summed E-state index contributed by atoms with van der Waals surface area (Å²) < 4.78 is 39.8. The van der Waals surface area contributed by atoms with Gasteiger partial charge in [0, 0.05) is 18.3 Å². The SMILES string of the molecule is CC(C)Cn1cc(C=O)c(-c2cccc(C(F)(F)F)c2)n1. The number of carbonyl (C=O) groups excluding carboxylic acids is 1. The Labute approximate surface area is 120 Å². The van der Waals surface area contributed by atoms with E-state index in [1.165, 1.54) is 12.1 Å². The van der Waals surface area contributed by atoms with Crippen molar-refractivity contribution in [1.29, 1.82) is 0 Å². The number of hydrogen-bond acceptors (Lipinski definition) is 2. The minimum atomic E-state index is -4.42. The lowest BCUT2D eigenvalue weighted by molar-refractivity contribution is -0.137. The minimum absolute atomic E-state index is 0.275. The van der Waals surface area contributed by atoms with Gasteiger partial charge in [-0.3, -0.25) is 9.48 Å². The molecule has 2 aromatic rings. The third-order valence-corrected chi connectivity index (χ3v) is 2.93. The summed E-state index contributed by atoms with van der Waals surface area (Å²) in [6.07, 6.45) is -2.25. The van der Waals surface area contributed by atoms with Crippen LogP contribution < -0.4 is 0 Å². The van der Waals surface area contributed by atoms with Gasteiger partial charge in [0.25, 0.3) is 0 Å². The molecule has 112 valence electrons. The van der Waals surface area contributed by atoms with Gasteiger partial charge in [0.05, 0.1) is 11.1 Å². The molecule has 1 aromatic heterocycles. The van der Waals surface area contributed by atoms with Gasteiger partial charge in [-0.2, -0.15) is 18.3 Å². The molecule has 0 N–H and O–H groups in total. The number of rotatable bonds is 4. The molecular formula is C15H15F3N2O. The van der Waals surface area contributed by atoms with E-state index in [2.05, 4.69) is 5.10 Å². The number of benzene rings is 1. The molecule has 0 unspecified atom stereocenters.